The third kappa shape index (κ3) is 4.77. The molecule has 25 heavy (non-hydrogen) atoms. The Hall–Kier alpha value is -2.94. The summed E-state index contributed by atoms with van der Waals surface area (Å²) in [7, 11) is 0. The van der Waals surface area contributed by atoms with Crippen molar-refractivity contribution in [2.75, 3.05) is 0 Å². The molecule has 1 atom stereocenters. The van der Waals surface area contributed by atoms with Crippen LogP contribution in [0.2, 0.25) is 0 Å². The number of rotatable bonds is 6. The number of hydrogen-bond donors (Lipinski definition) is 1. The van der Waals surface area contributed by atoms with Crippen LogP contribution in [0.3, 0.4) is 0 Å². The monoisotopic (exact) mass is 330 g/mol. The number of benzene rings is 2. The molecule has 0 saturated carbocycles. The molecule has 0 bridgehead atoms. The Labute approximate surface area is 148 Å². The average Bonchev–Trinajstić information content (AvgIpc) is 2.67. The summed E-state index contributed by atoms with van der Waals surface area (Å²) in [5.74, 6) is -0.188. The van der Waals surface area contributed by atoms with Gasteiger partial charge in [0.2, 0.25) is 5.91 Å². The molecule has 0 spiro atoms. The molecule has 2 aromatic carbocycles. The second-order valence-electron chi connectivity index (χ2n) is 6.23. The van der Waals surface area contributed by atoms with E-state index in [1.54, 1.807) is 6.20 Å². The second kappa shape index (κ2) is 8.25. The maximum atomic E-state index is 12.9. The van der Waals surface area contributed by atoms with Crippen LogP contribution in [-0.2, 0) is 17.8 Å². The number of nitrogens with zero attached hydrogens (tertiary/aromatic N) is 1. The van der Waals surface area contributed by atoms with Crippen molar-refractivity contribution in [3.8, 4) is 0 Å². The zero-order valence-corrected chi connectivity index (χ0v) is 14.4. The number of nitrogens with one attached hydrogen (secondary N) is 1. The van der Waals surface area contributed by atoms with Crippen molar-refractivity contribution in [1.29, 1.82) is 0 Å². The zero-order chi connectivity index (χ0) is 17.5. The van der Waals surface area contributed by atoms with Crippen LogP contribution in [-0.4, -0.2) is 10.9 Å². The Morgan fingerprint density at radius 2 is 1.72 bits per heavy atom. The summed E-state index contributed by atoms with van der Waals surface area (Å²) >= 11 is 0. The molecule has 0 fully saturated rings. The summed E-state index contributed by atoms with van der Waals surface area (Å²) in [5, 5.41) is 3.08. The number of aromatic nitrogens is 1. The van der Waals surface area contributed by atoms with Gasteiger partial charge in [-0.15, -0.1) is 0 Å². The number of amides is 1. The minimum Gasteiger partial charge on any atom is -0.351 e. The molecule has 1 aromatic heterocycles. The summed E-state index contributed by atoms with van der Waals surface area (Å²) in [6, 6.07) is 22.1. The van der Waals surface area contributed by atoms with E-state index >= 15 is 0 Å². The number of carbonyl (C=O) groups is 1. The summed E-state index contributed by atoms with van der Waals surface area (Å²) in [6.07, 6.45) is 4.21. The topological polar surface area (TPSA) is 42.0 Å². The van der Waals surface area contributed by atoms with Crippen LogP contribution >= 0.6 is 0 Å². The maximum absolute atomic E-state index is 12.9. The molecule has 0 radical (unpaired) electrons. The van der Waals surface area contributed by atoms with E-state index in [0.29, 0.717) is 13.0 Å². The first-order chi connectivity index (χ1) is 12.2. The van der Waals surface area contributed by atoms with Crippen molar-refractivity contribution in [2.45, 2.75) is 25.8 Å². The molecule has 3 rings (SSSR count). The Bertz CT molecular complexity index is 798. The quantitative estimate of drug-likeness (QED) is 0.741. The van der Waals surface area contributed by atoms with Gasteiger partial charge >= 0.3 is 0 Å². The third-order valence-corrected chi connectivity index (χ3v) is 4.27. The van der Waals surface area contributed by atoms with E-state index in [0.717, 1.165) is 16.7 Å². The van der Waals surface area contributed by atoms with Gasteiger partial charge in [0.1, 0.15) is 0 Å². The molecule has 3 heteroatoms. The Morgan fingerprint density at radius 3 is 2.40 bits per heavy atom. The standard InChI is InChI=1S/C22H22N2O/c1-17-9-11-18(12-10-17)16-24-22(25)21(20-7-3-2-4-8-20)14-19-6-5-13-23-15-19/h2-13,15,21H,14,16H2,1H3,(H,24,25). The fourth-order valence-corrected chi connectivity index (χ4v) is 2.82. The van der Waals surface area contributed by atoms with Crippen molar-refractivity contribution in [3.63, 3.8) is 0 Å². The van der Waals surface area contributed by atoms with Crippen LogP contribution in [0.25, 0.3) is 0 Å². The molecular weight excluding hydrogens is 308 g/mol. The van der Waals surface area contributed by atoms with Crippen LogP contribution in [0.5, 0.6) is 0 Å². The normalized spacial score (nSPS) is 11.7. The molecule has 3 aromatic rings. The van der Waals surface area contributed by atoms with Gasteiger partial charge in [-0.2, -0.15) is 0 Å². The SMILES string of the molecule is Cc1ccc(CNC(=O)C(Cc2cccnc2)c2ccccc2)cc1. The highest BCUT2D eigenvalue weighted by Gasteiger charge is 2.20. The van der Waals surface area contributed by atoms with Gasteiger partial charge in [-0.05, 0) is 36.1 Å². The first-order valence-electron chi connectivity index (χ1n) is 8.49. The lowest BCUT2D eigenvalue weighted by atomic mass is 9.91. The van der Waals surface area contributed by atoms with E-state index in [1.807, 2.05) is 60.8 Å². The molecule has 3 nitrogen and oxygen atoms in total. The van der Waals surface area contributed by atoms with Gasteiger partial charge in [0.05, 0.1) is 5.92 Å². The largest absolute Gasteiger partial charge is 0.351 e. The molecule has 1 N–H and O–H groups in total. The van der Waals surface area contributed by atoms with Gasteiger partial charge in [-0.3, -0.25) is 9.78 Å². The Balaban J connectivity index is 1.74. The molecule has 0 aliphatic rings. The number of carbonyl (C=O) groups excluding carboxylic acids is 1. The molecule has 1 amide bonds. The maximum Gasteiger partial charge on any atom is 0.228 e. The van der Waals surface area contributed by atoms with Crippen molar-refractivity contribution in [3.05, 3.63) is 101 Å². The van der Waals surface area contributed by atoms with Crippen LogP contribution in [0.15, 0.2) is 79.1 Å². The van der Waals surface area contributed by atoms with Gasteiger partial charge in [0.15, 0.2) is 0 Å². The minimum absolute atomic E-state index is 0.0376. The molecule has 126 valence electrons. The van der Waals surface area contributed by atoms with Crippen LogP contribution in [0.4, 0.5) is 0 Å². The fraction of sp³-hybridized carbons (Fsp3) is 0.182. The third-order valence-electron chi connectivity index (χ3n) is 4.27. The van der Waals surface area contributed by atoms with Gasteiger partial charge in [0, 0.05) is 18.9 Å². The van der Waals surface area contributed by atoms with Gasteiger partial charge in [0.25, 0.3) is 0 Å². The highest BCUT2D eigenvalue weighted by atomic mass is 16.1. The molecule has 0 aliphatic carbocycles. The lowest BCUT2D eigenvalue weighted by molar-refractivity contribution is -0.122. The van der Waals surface area contributed by atoms with Crippen molar-refractivity contribution < 1.29 is 4.79 Å². The Morgan fingerprint density at radius 1 is 0.960 bits per heavy atom. The molecule has 1 unspecified atom stereocenters. The predicted octanol–water partition coefficient (Wildman–Crippen LogP) is 4.03. The summed E-state index contributed by atoms with van der Waals surface area (Å²) in [6.45, 7) is 2.59. The van der Waals surface area contributed by atoms with Crippen molar-refractivity contribution >= 4 is 5.91 Å². The predicted molar refractivity (Wildman–Crippen MR) is 100 cm³/mol. The van der Waals surface area contributed by atoms with E-state index in [4.69, 9.17) is 0 Å². The highest BCUT2D eigenvalue weighted by molar-refractivity contribution is 5.84. The van der Waals surface area contributed by atoms with E-state index in [1.165, 1.54) is 5.56 Å². The number of pyridine rings is 1. The summed E-state index contributed by atoms with van der Waals surface area (Å²) in [4.78, 5) is 17.0. The lowest BCUT2D eigenvalue weighted by Crippen LogP contribution is -2.30. The molecular formula is C22H22N2O. The van der Waals surface area contributed by atoms with Gasteiger partial charge < -0.3 is 5.32 Å². The number of hydrogen-bond acceptors (Lipinski definition) is 2. The average molecular weight is 330 g/mol. The van der Waals surface area contributed by atoms with Crippen LogP contribution in [0.1, 0.15) is 28.2 Å². The first-order valence-corrected chi connectivity index (χ1v) is 8.49. The van der Waals surface area contributed by atoms with E-state index in [2.05, 4.69) is 29.4 Å². The summed E-state index contributed by atoms with van der Waals surface area (Å²) < 4.78 is 0. The first kappa shape index (κ1) is 16.9. The van der Waals surface area contributed by atoms with Gasteiger partial charge in [-0.25, -0.2) is 0 Å². The van der Waals surface area contributed by atoms with Crippen LogP contribution < -0.4 is 5.32 Å². The molecule has 0 saturated heterocycles. The van der Waals surface area contributed by atoms with Crippen LogP contribution in [0, 0.1) is 6.92 Å². The summed E-state index contributed by atoms with van der Waals surface area (Å²) in [5.41, 5.74) is 4.40. The van der Waals surface area contributed by atoms with E-state index in [9.17, 15) is 4.79 Å². The molecule has 0 aliphatic heterocycles. The van der Waals surface area contributed by atoms with E-state index in [-0.39, 0.29) is 11.8 Å². The fourth-order valence-electron chi connectivity index (χ4n) is 2.82. The van der Waals surface area contributed by atoms with Gasteiger partial charge in [-0.1, -0.05) is 66.2 Å². The van der Waals surface area contributed by atoms with Crippen molar-refractivity contribution in [1.82, 2.24) is 10.3 Å². The lowest BCUT2D eigenvalue weighted by Gasteiger charge is -2.17. The smallest absolute Gasteiger partial charge is 0.228 e. The van der Waals surface area contributed by atoms with E-state index < -0.39 is 0 Å². The Kier molecular flexibility index (Phi) is 5.57. The molecule has 1 heterocycles. The zero-order valence-electron chi connectivity index (χ0n) is 14.4. The second-order valence-corrected chi connectivity index (χ2v) is 6.23. The minimum atomic E-state index is -0.226. The van der Waals surface area contributed by atoms with Crippen molar-refractivity contribution in [2.24, 2.45) is 0 Å². The number of aryl methyl sites for hydroxylation is 1. The highest BCUT2D eigenvalue weighted by Crippen LogP contribution is 2.21.